The van der Waals surface area contributed by atoms with Crippen LogP contribution in [0.25, 0.3) is 11.1 Å². The Kier molecular flexibility index (Phi) is 7.49. The van der Waals surface area contributed by atoms with E-state index in [0.29, 0.717) is 11.8 Å². The van der Waals surface area contributed by atoms with Crippen molar-refractivity contribution in [2.24, 2.45) is 0 Å². The molecule has 2 aromatic carbocycles. The number of hydrogen-bond acceptors (Lipinski definition) is 3. The van der Waals surface area contributed by atoms with Gasteiger partial charge in [-0.3, -0.25) is 4.79 Å². The van der Waals surface area contributed by atoms with Crippen LogP contribution in [0.1, 0.15) is 26.7 Å². The van der Waals surface area contributed by atoms with Crippen molar-refractivity contribution < 1.29 is 9.53 Å². The molecule has 1 fully saturated rings. The molecule has 0 bridgehead atoms. The van der Waals surface area contributed by atoms with E-state index in [1.807, 2.05) is 42.5 Å². The number of benzene rings is 2. The molecule has 3 unspecified atom stereocenters. The van der Waals surface area contributed by atoms with Gasteiger partial charge in [0.25, 0.3) is 5.91 Å². The number of carbonyl (C=O) groups excluding carboxylic acids is 1. The highest BCUT2D eigenvalue weighted by molar-refractivity contribution is 5.85. The van der Waals surface area contributed by atoms with Crippen molar-refractivity contribution >= 4 is 18.3 Å². The molecule has 2 aromatic rings. The summed E-state index contributed by atoms with van der Waals surface area (Å²) in [7, 11) is 0. The van der Waals surface area contributed by atoms with Gasteiger partial charge in [-0.05, 0) is 56.5 Å². The van der Waals surface area contributed by atoms with E-state index in [4.69, 9.17) is 4.74 Å². The zero-order chi connectivity index (χ0) is 17.6. The molecule has 140 valence electrons. The Morgan fingerprint density at radius 1 is 1.12 bits per heavy atom. The van der Waals surface area contributed by atoms with E-state index >= 15 is 0 Å². The van der Waals surface area contributed by atoms with E-state index in [9.17, 15) is 4.79 Å². The zero-order valence-electron chi connectivity index (χ0n) is 15.3. The molecule has 0 aromatic heterocycles. The number of nitrogens with one attached hydrogen (secondary N) is 2. The van der Waals surface area contributed by atoms with E-state index in [1.165, 1.54) is 5.56 Å². The van der Waals surface area contributed by atoms with Crippen LogP contribution in [0.4, 0.5) is 0 Å². The largest absolute Gasteiger partial charge is 0.481 e. The standard InChI is InChI=1S/C21H26N2O2.ClH/c1-15-14-19(12-13-22-15)23-21(24)16(2)25-20-10-8-18(9-11-20)17-6-4-3-5-7-17;/h3-11,15-16,19,22H,12-14H2,1-2H3,(H,23,24);1H. The van der Waals surface area contributed by atoms with Crippen molar-refractivity contribution in [1.29, 1.82) is 0 Å². The molecule has 0 radical (unpaired) electrons. The van der Waals surface area contributed by atoms with Gasteiger partial charge in [0.15, 0.2) is 6.10 Å². The number of piperidine rings is 1. The van der Waals surface area contributed by atoms with E-state index in [2.05, 4.69) is 29.7 Å². The zero-order valence-corrected chi connectivity index (χ0v) is 16.1. The number of ether oxygens (including phenoxy) is 1. The number of amides is 1. The van der Waals surface area contributed by atoms with Gasteiger partial charge in [-0.25, -0.2) is 0 Å². The highest BCUT2D eigenvalue weighted by Gasteiger charge is 2.23. The Labute approximate surface area is 161 Å². The molecular weight excluding hydrogens is 348 g/mol. The lowest BCUT2D eigenvalue weighted by Crippen LogP contribution is -2.49. The molecule has 26 heavy (non-hydrogen) atoms. The highest BCUT2D eigenvalue weighted by Crippen LogP contribution is 2.22. The van der Waals surface area contributed by atoms with Crippen LogP contribution in [0.5, 0.6) is 5.75 Å². The van der Waals surface area contributed by atoms with Gasteiger partial charge < -0.3 is 15.4 Å². The first-order valence-corrected chi connectivity index (χ1v) is 8.98. The number of halogens is 1. The minimum atomic E-state index is -0.507. The van der Waals surface area contributed by atoms with Crippen LogP contribution in [0.3, 0.4) is 0 Å². The fourth-order valence-electron chi connectivity index (χ4n) is 3.20. The molecule has 1 saturated heterocycles. The molecule has 3 rings (SSSR count). The van der Waals surface area contributed by atoms with Crippen molar-refractivity contribution in [3.8, 4) is 16.9 Å². The Morgan fingerprint density at radius 2 is 1.77 bits per heavy atom. The summed E-state index contributed by atoms with van der Waals surface area (Å²) in [6, 6.07) is 18.7. The van der Waals surface area contributed by atoms with Gasteiger partial charge in [0.1, 0.15) is 5.75 Å². The SMILES string of the molecule is CC1CC(NC(=O)C(C)Oc2ccc(-c3ccccc3)cc2)CCN1.Cl. The quantitative estimate of drug-likeness (QED) is 0.836. The average Bonchev–Trinajstić information content (AvgIpc) is 2.63. The van der Waals surface area contributed by atoms with Crippen molar-refractivity contribution in [2.75, 3.05) is 6.54 Å². The normalized spacial score (nSPS) is 20.5. The Bertz CT molecular complexity index is 691. The van der Waals surface area contributed by atoms with Crippen LogP contribution < -0.4 is 15.4 Å². The fourth-order valence-corrected chi connectivity index (χ4v) is 3.20. The summed E-state index contributed by atoms with van der Waals surface area (Å²) in [4.78, 5) is 12.4. The van der Waals surface area contributed by atoms with Crippen LogP contribution in [0, 0.1) is 0 Å². The van der Waals surface area contributed by atoms with E-state index in [-0.39, 0.29) is 24.4 Å². The highest BCUT2D eigenvalue weighted by atomic mass is 35.5. The lowest BCUT2D eigenvalue weighted by molar-refractivity contribution is -0.128. The summed E-state index contributed by atoms with van der Waals surface area (Å²) in [5, 5.41) is 6.49. The number of carbonyl (C=O) groups is 1. The van der Waals surface area contributed by atoms with Crippen LogP contribution in [0.15, 0.2) is 54.6 Å². The summed E-state index contributed by atoms with van der Waals surface area (Å²) in [6.07, 6.45) is 1.42. The molecule has 4 nitrogen and oxygen atoms in total. The molecule has 2 N–H and O–H groups in total. The maximum Gasteiger partial charge on any atom is 0.260 e. The van der Waals surface area contributed by atoms with Crippen molar-refractivity contribution in [3.05, 3.63) is 54.6 Å². The molecular formula is C21H27ClN2O2. The van der Waals surface area contributed by atoms with Crippen molar-refractivity contribution in [2.45, 2.75) is 44.9 Å². The van der Waals surface area contributed by atoms with Gasteiger partial charge in [0.2, 0.25) is 0 Å². The summed E-state index contributed by atoms with van der Waals surface area (Å²) >= 11 is 0. The number of hydrogen-bond donors (Lipinski definition) is 2. The minimum absolute atomic E-state index is 0. The van der Waals surface area contributed by atoms with Crippen molar-refractivity contribution in [3.63, 3.8) is 0 Å². The first-order chi connectivity index (χ1) is 12.1. The Balaban J connectivity index is 0.00000243. The number of rotatable bonds is 5. The van der Waals surface area contributed by atoms with Crippen LogP contribution >= 0.6 is 12.4 Å². The van der Waals surface area contributed by atoms with Crippen molar-refractivity contribution in [1.82, 2.24) is 10.6 Å². The van der Waals surface area contributed by atoms with E-state index in [0.717, 1.165) is 24.9 Å². The van der Waals surface area contributed by atoms with Crippen LogP contribution in [-0.2, 0) is 4.79 Å². The summed E-state index contributed by atoms with van der Waals surface area (Å²) in [5.41, 5.74) is 2.30. The molecule has 0 spiro atoms. The molecule has 3 atom stereocenters. The lowest BCUT2D eigenvalue weighted by atomic mass is 10.0. The second kappa shape index (κ2) is 9.60. The first kappa shape index (κ1) is 20.3. The Hall–Kier alpha value is -2.04. The van der Waals surface area contributed by atoms with Crippen LogP contribution in [-0.4, -0.2) is 30.6 Å². The van der Waals surface area contributed by atoms with Gasteiger partial charge in [-0.15, -0.1) is 12.4 Å². The maximum absolute atomic E-state index is 12.4. The monoisotopic (exact) mass is 374 g/mol. The molecule has 0 aliphatic carbocycles. The second-order valence-corrected chi connectivity index (χ2v) is 6.74. The van der Waals surface area contributed by atoms with Gasteiger partial charge in [-0.1, -0.05) is 42.5 Å². The molecule has 1 aliphatic heterocycles. The molecule has 1 heterocycles. The third kappa shape index (κ3) is 5.48. The molecule has 1 amide bonds. The van der Waals surface area contributed by atoms with E-state index in [1.54, 1.807) is 6.92 Å². The predicted molar refractivity (Wildman–Crippen MR) is 108 cm³/mol. The maximum atomic E-state index is 12.4. The molecule has 1 aliphatic rings. The third-order valence-electron chi connectivity index (χ3n) is 4.61. The Morgan fingerprint density at radius 3 is 2.42 bits per heavy atom. The predicted octanol–water partition coefficient (Wildman–Crippen LogP) is 3.80. The average molecular weight is 375 g/mol. The van der Waals surface area contributed by atoms with Gasteiger partial charge >= 0.3 is 0 Å². The van der Waals surface area contributed by atoms with E-state index < -0.39 is 6.10 Å². The third-order valence-corrected chi connectivity index (χ3v) is 4.61. The summed E-state index contributed by atoms with van der Waals surface area (Å²) < 4.78 is 5.81. The first-order valence-electron chi connectivity index (χ1n) is 8.98. The minimum Gasteiger partial charge on any atom is -0.481 e. The second-order valence-electron chi connectivity index (χ2n) is 6.74. The smallest absolute Gasteiger partial charge is 0.260 e. The molecule has 0 saturated carbocycles. The molecule has 5 heteroatoms. The van der Waals surface area contributed by atoms with Gasteiger partial charge in [0.05, 0.1) is 0 Å². The fraction of sp³-hybridized carbons (Fsp3) is 0.381. The summed E-state index contributed by atoms with van der Waals surface area (Å²) in [5.74, 6) is 0.659. The lowest BCUT2D eigenvalue weighted by Gasteiger charge is -2.29. The van der Waals surface area contributed by atoms with Gasteiger partial charge in [-0.2, -0.15) is 0 Å². The van der Waals surface area contributed by atoms with Crippen LogP contribution in [0.2, 0.25) is 0 Å². The topological polar surface area (TPSA) is 50.4 Å². The summed E-state index contributed by atoms with van der Waals surface area (Å²) in [6.45, 7) is 4.89. The van der Waals surface area contributed by atoms with Gasteiger partial charge in [0, 0.05) is 12.1 Å².